The average molecular weight is 463 g/mol. The summed E-state index contributed by atoms with van der Waals surface area (Å²) in [7, 11) is 1.59. The molecule has 0 aliphatic carbocycles. The molecule has 2 aromatic rings. The fourth-order valence-electron chi connectivity index (χ4n) is 3.87. The number of carboxylic acids is 1. The summed E-state index contributed by atoms with van der Waals surface area (Å²) in [4.78, 5) is 34.0. The van der Waals surface area contributed by atoms with Gasteiger partial charge in [-0.15, -0.1) is 0 Å². The Bertz CT molecular complexity index is 1070. The summed E-state index contributed by atoms with van der Waals surface area (Å²) < 4.78 is 36.9. The molecule has 174 valence electrons. The van der Waals surface area contributed by atoms with Gasteiger partial charge in [0.05, 0.1) is 18.7 Å². The highest BCUT2D eigenvalue weighted by molar-refractivity contribution is 5.96. The molecule has 1 aromatic heterocycles. The van der Waals surface area contributed by atoms with E-state index in [9.17, 15) is 18.0 Å². The van der Waals surface area contributed by atoms with E-state index in [1.807, 2.05) is 23.1 Å². The van der Waals surface area contributed by atoms with Crippen LogP contribution >= 0.6 is 0 Å². The van der Waals surface area contributed by atoms with Crippen molar-refractivity contribution in [3.63, 3.8) is 0 Å². The van der Waals surface area contributed by atoms with E-state index in [0.29, 0.717) is 24.4 Å². The van der Waals surface area contributed by atoms with E-state index in [0.717, 1.165) is 31.0 Å². The molecule has 1 spiro atoms. The lowest BCUT2D eigenvalue weighted by atomic mass is 9.86. The molecule has 12 heteroatoms. The average Bonchev–Trinajstić information content (AvgIpc) is 3.36. The predicted molar refractivity (Wildman–Crippen MR) is 110 cm³/mol. The topological polar surface area (TPSA) is 120 Å². The number of nitrogens with zero attached hydrogens (tertiary/aromatic N) is 5. The summed E-state index contributed by atoms with van der Waals surface area (Å²) in [5.74, 6) is -1.25. The minimum atomic E-state index is -5.08. The van der Waals surface area contributed by atoms with Crippen molar-refractivity contribution in [2.45, 2.75) is 19.0 Å². The molecule has 0 bridgehead atoms. The van der Waals surface area contributed by atoms with Gasteiger partial charge in [-0.1, -0.05) is 0 Å². The lowest BCUT2D eigenvalue weighted by Gasteiger charge is -2.24. The van der Waals surface area contributed by atoms with Crippen LogP contribution in [0.4, 0.5) is 24.7 Å². The molecule has 1 unspecified atom stereocenters. The standard InChI is InChI=1S/C19H19N5O2.C2HF3O2/c1-26-17-8-16(21-13-22-17)23-7-6-19(11-23)9-18(25)24(12-19)15-4-2-14(10-20)3-5-15;3-2(4,5)1(6)7/h2-5,8,13H,6-7,9,11-12H2,1H3;(H,6,7). The van der Waals surface area contributed by atoms with Crippen molar-refractivity contribution in [3.05, 3.63) is 42.2 Å². The Labute approximate surface area is 187 Å². The maximum atomic E-state index is 12.6. The van der Waals surface area contributed by atoms with E-state index >= 15 is 0 Å². The summed E-state index contributed by atoms with van der Waals surface area (Å²) in [6.07, 6.45) is -2.11. The van der Waals surface area contributed by atoms with Gasteiger partial charge in [0, 0.05) is 43.2 Å². The molecular weight excluding hydrogens is 443 g/mol. The second-order valence-corrected chi connectivity index (χ2v) is 7.71. The van der Waals surface area contributed by atoms with Crippen LogP contribution in [0.5, 0.6) is 5.88 Å². The number of anilines is 2. The van der Waals surface area contributed by atoms with Crippen molar-refractivity contribution >= 4 is 23.4 Å². The monoisotopic (exact) mass is 463 g/mol. The molecule has 9 nitrogen and oxygen atoms in total. The Hall–Kier alpha value is -3.88. The molecular formula is C21H20F3N5O4. The van der Waals surface area contributed by atoms with Crippen LogP contribution in [-0.4, -0.2) is 59.9 Å². The first-order valence-corrected chi connectivity index (χ1v) is 9.78. The lowest BCUT2D eigenvalue weighted by molar-refractivity contribution is -0.192. The van der Waals surface area contributed by atoms with Crippen LogP contribution in [0.1, 0.15) is 18.4 Å². The van der Waals surface area contributed by atoms with E-state index in [4.69, 9.17) is 19.9 Å². The van der Waals surface area contributed by atoms with Crippen molar-refractivity contribution < 1.29 is 32.6 Å². The van der Waals surface area contributed by atoms with Crippen molar-refractivity contribution in [3.8, 4) is 11.9 Å². The third-order valence-corrected chi connectivity index (χ3v) is 5.47. The van der Waals surface area contributed by atoms with Crippen LogP contribution in [0.2, 0.25) is 0 Å². The highest BCUT2D eigenvalue weighted by atomic mass is 19.4. The highest BCUT2D eigenvalue weighted by Crippen LogP contribution is 2.43. The van der Waals surface area contributed by atoms with Gasteiger partial charge in [0.25, 0.3) is 0 Å². The zero-order chi connectivity index (χ0) is 24.2. The van der Waals surface area contributed by atoms with Gasteiger partial charge in [0.1, 0.15) is 12.1 Å². The third-order valence-electron chi connectivity index (χ3n) is 5.47. The second-order valence-electron chi connectivity index (χ2n) is 7.71. The van der Waals surface area contributed by atoms with Crippen molar-refractivity contribution in [2.75, 3.05) is 36.5 Å². The fraction of sp³-hybridized carbons (Fsp3) is 0.381. The molecule has 1 N–H and O–H groups in total. The van der Waals surface area contributed by atoms with Gasteiger partial charge in [-0.05, 0) is 30.7 Å². The van der Waals surface area contributed by atoms with E-state index in [2.05, 4.69) is 20.9 Å². The number of carbonyl (C=O) groups is 2. The lowest BCUT2D eigenvalue weighted by Crippen LogP contribution is -2.31. The molecule has 0 saturated carbocycles. The minimum Gasteiger partial charge on any atom is -0.481 e. The van der Waals surface area contributed by atoms with Crippen LogP contribution in [-0.2, 0) is 9.59 Å². The van der Waals surface area contributed by atoms with Gasteiger partial charge >= 0.3 is 12.1 Å². The number of aliphatic carboxylic acids is 1. The van der Waals surface area contributed by atoms with Crippen LogP contribution < -0.4 is 14.5 Å². The zero-order valence-corrected chi connectivity index (χ0v) is 17.5. The van der Waals surface area contributed by atoms with E-state index in [1.165, 1.54) is 6.33 Å². The Balaban J connectivity index is 0.000000383. The molecule has 2 fully saturated rings. The van der Waals surface area contributed by atoms with Gasteiger partial charge in [-0.3, -0.25) is 4.79 Å². The van der Waals surface area contributed by atoms with Gasteiger partial charge in [-0.2, -0.15) is 18.4 Å². The van der Waals surface area contributed by atoms with Crippen LogP contribution in [0.3, 0.4) is 0 Å². The number of rotatable bonds is 3. The quantitative estimate of drug-likeness (QED) is 0.738. The first-order chi connectivity index (χ1) is 15.6. The second kappa shape index (κ2) is 9.32. The molecule has 1 atom stereocenters. The Morgan fingerprint density at radius 3 is 2.48 bits per heavy atom. The molecule has 0 radical (unpaired) electrons. The Morgan fingerprint density at radius 1 is 1.24 bits per heavy atom. The number of carboxylic acid groups (broad SMARTS) is 1. The number of amides is 1. The number of alkyl halides is 3. The maximum absolute atomic E-state index is 12.6. The number of halogens is 3. The first-order valence-electron chi connectivity index (χ1n) is 9.78. The smallest absolute Gasteiger partial charge is 0.481 e. The number of hydrogen-bond donors (Lipinski definition) is 1. The Kier molecular flexibility index (Phi) is 6.71. The summed E-state index contributed by atoms with van der Waals surface area (Å²) in [6.45, 7) is 2.33. The normalized spacial score (nSPS) is 19.8. The van der Waals surface area contributed by atoms with Crippen molar-refractivity contribution in [1.82, 2.24) is 9.97 Å². The van der Waals surface area contributed by atoms with E-state index in [1.54, 1.807) is 19.2 Å². The van der Waals surface area contributed by atoms with Crippen molar-refractivity contribution in [2.24, 2.45) is 5.41 Å². The molecule has 1 aromatic carbocycles. The zero-order valence-electron chi connectivity index (χ0n) is 17.5. The summed E-state index contributed by atoms with van der Waals surface area (Å²) in [5, 5.41) is 16.1. The van der Waals surface area contributed by atoms with Gasteiger partial charge in [0.15, 0.2) is 0 Å². The minimum absolute atomic E-state index is 0.0663. The van der Waals surface area contributed by atoms with Gasteiger partial charge in [-0.25, -0.2) is 14.8 Å². The fourth-order valence-corrected chi connectivity index (χ4v) is 3.87. The van der Waals surface area contributed by atoms with Crippen molar-refractivity contribution in [1.29, 1.82) is 5.26 Å². The molecule has 2 aliphatic heterocycles. The van der Waals surface area contributed by atoms with Gasteiger partial charge in [0.2, 0.25) is 11.8 Å². The van der Waals surface area contributed by atoms with E-state index in [-0.39, 0.29) is 11.3 Å². The summed E-state index contributed by atoms with van der Waals surface area (Å²) in [6, 6.07) is 11.1. The summed E-state index contributed by atoms with van der Waals surface area (Å²) >= 11 is 0. The van der Waals surface area contributed by atoms with Gasteiger partial charge < -0.3 is 19.6 Å². The summed E-state index contributed by atoms with van der Waals surface area (Å²) in [5.41, 5.74) is 1.39. The SMILES string of the molecule is COc1cc(N2CCC3(CC(=O)N(c4ccc(C#N)cc4)C3)C2)ncn1.O=C(O)C(F)(F)F. The van der Waals surface area contributed by atoms with Crippen LogP contribution in [0.25, 0.3) is 0 Å². The number of aromatic nitrogens is 2. The first kappa shape index (κ1) is 23.8. The largest absolute Gasteiger partial charge is 0.490 e. The number of methoxy groups -OCH3 is 1. The number of ether oxygens (including phenoxy) is 1. The maximum Gasteiger partial charge on any atom is 0.490 e. The molecule has 2 aliphatic rings. The molecule has 3 heterocycles. The van der Waals surface area contributed by atoms with Crippen LogP contribution in [0, 0.1) is 16.7 Å². The van der Waals surface area contributed by atoms with E-state index < -0.39 is 12.1 Å². The number of hydrogen-bond acceptors (Lipinski definition) is 7. The number of benzene rings is 1. The number of nitriles is 1. The molecule has 1 amide bonds. The molecule has 33 heavy (non-hydrogen) atoms. The molecule has 2 saturated heterocycles. The molecule has 4 rings (SSSR count). The predicted octanol–water partition coefficient (Wildman–Crippen LogP) is 2.62. The Morgan fingerprint density at radius 2 is 1.91 bits per heavy atom. The van der Waals surface area contributed by atoms with Crippen LogP contribution in [0.15, 0.2) is 36.7 Å². The third kappa shape index (κ3) is 5.49. The highest BCUT2D eigenvalue weighted by Gasteiger charge is 2.48. The number of carbonyl (C=O) groups excluding carboxylic acids is 1.